The zero-order valence-corrected chi connectivity index (χ0v) is 29.6. The topological polar surface area (TPSA) is 164 Å². The highest BCUT2D eigenvalue weighted by Gasteiger charge is 2.61. The van der Waals surface area contributed by atoms with Gasteiger partial charge in [-0.25, -0.2) is 14.4 Å². The van der Waals surface area contributed by atoms with Gasteiger partial charge >= 0.3 is 17.9 Å². The molecule has 7 rings (SSSR count). The van der Waals surface area contributed by atoms with E-state index in [9.17, 15) is 19.5 Å². The molecule has 4 saturated heterocycles. The zero-order chi connectivity index (χ0) is 37.3. The van der Waals surface area contributed by atoms with E-state index in [-0.39, 0.29) is 23.3 Å². The van der Waals surface area contributed by atoms with E-state index in [0.717, 1.165) is 0 Å². The molecule has 0 aliphatic carbocycles. The second-order valence-corrected chi connectivity index (χ2v) is 14.0. The summed E-state index contributed by atoms with van der Waals surface area (Å²) in [5.41, 5.74) is 0.646. The number of esters is 3. The van der Waals surface area contributed by atoms with Crippen LogP contribution in [0.15, 0.2) is 91.0 Å². The van der Waals surface area contributed by atoms with Gasteiger partial charge in [0.25, 0.3) is 0 Å². The number of carbonyl (C=O) groups is 3. The smallest absolute Gasteiger partial charge is 0.338 e. The Balaban J connectivity index is 1.16. The van der Waals surface area contributed by atoms with Crippen molar-refractivity contribution >= 4 is 17.9 Å². The van der Waals surface area contributed by atoms with Gasteiger partial charge in [0.15, 0.2) is 36.4 Å². The van der Waals surface area contributed by atoms with E-state index in [4.69, 9.17) is 47.4 Å². The first-order valence-electron chi connectivity index (χ1n) is 17.4. The molecule has 4 aliphatic heterocycles. The molecule has 4 heterocycles. The van der Waals surface area contributed by atoms with Crippen LogP contribution < -0.4 is 0 Å². The molecular formula is C39H42O14. The van der Waals surface area contributed by atoms with Gasteiger partial charge in [0, 0.05) is 0 Å². The molecule has 14 nitrogen and oxygen atoms in total. The maximum Gasteiger partial charge on any atom is 0.338 e. The molecule has 0 spiro atoms. The van der Waals surface area contributed by atoms with Gasteiger partial charge in [-0.05, 0) is 64.1 Å². The highest BCUT2D eigenvalue weighted by atomic mass is 16.9. The zero-order valence-electron chi connectivity index (χ0n) is 29.6. The Kier molecular flexibility index (Phi) is 10.7. The first kappa shape index (κ1) is 37.1. The minimum atomic E-state index is -1.70. The van der Waals surface area contributed by atoms with Crippen molar-refractivity contribution in [2.24, 2.45) is 0 Å². The fourth-order valence-corrected chi connectivity index (χ4v) is 6.81. The van der Waals surface area contributed by atoms with Gasteiger partial charge in [0.1, 0.15) is 43.2 Å². The third-order valence-corrected chi connectivity index (χ3v) is 9.18. The number of rotatable bonds is 10. The number of benzene rings is 3. The van der Waals surface area contributed by atoms with Crippen LogP contribution in [0.1, 0.15) is 58.8 Å². The van der Waals surface area contributed by atoms with Crippen LogP contribution in [0.4, 0.5) is 0 Å². The molecular weight excluding hydrogens is 692 g/mol. The lowest BCUT2D eigenvalue weighted by atomic mass is 9.97. The number of ether oxygens (including phenoxy) is 10. The highest BCUT2D eigenvalue weighted by Crippen LogP contribution is 2.44. The minimum Gasteiger partial charge on any atom is -0.459 e. The Morgan fingerprint density at radius 1 is 0.585 bits per heavy atom. The second-order valence-electron chi connectivity index (χ2n) is 14.0. The van der Waals surface area contributed by atoms with Gasteiger partial charge in [-0.15, -0.1) is 0 Å². The number of fused-ring (bicyclic) bond motifs is 3. The van der Waals surface area contributed by atoms with Crippen molar-refractivity contribution in [3.05, 3.63) is 108 Å². The summed E-state index contributed by atoms with van der Waals surface area (Å²) in [7, 11) is 0. The van der Waals surface area contributed by atoms with Crippen LogP contribution >= 0.6 is 0 Å². The van der Waals surface area contributed by atoms with E-state index in [0.29, 0.717) is 0 Å². The molecule has 282 valence electrons. The summed E-state index contributed by atoms with van der Waals surface area (Å²) in [4.78, 5) is 39.9. The van der Waals surface area contributed by atoms with Crippen LogP contribution in [0.3, 0.4) is 0 Å². The van der Waals surface area contributed by atoms with Crippen molar-refractivity contribution in [1.82, 2.24) is 0 Å². The fraction of sp³-hybridized carbons (Fsp3) is 0.462. The molecule has 0 amide bonds. The van der Waals surface area contributed by atoms with Crippen molar-refractivity contribution in [3.63, 3.8) is 0 Å². The number of carbonyl (C=O) groups excluding carboxylic acids is 3. The molecule has 3 aromatic rings. The molecule has 0 saturated carbocycles. The van der Waals surface area contributed by atoms with E-state index in [1.54, 1.807) is 107 Å². The van der Waals surface area contributed by atoms with Crippen molar-refractivity contribution in [2.45, 2.75) is 101 Å². The summed E-state index contributed by atoms with van der Waals surface area (Å²) in [6.07, 6.45) is -10.9. The molecule has 0 aromatic heterocycles. The van der Waals surface area contributed by atoms with Gasteiger partial charge in [-0.3, -0.25) is 0 Å². The predicted molar refractivity (Wildman–Crippen MR) is 181 cm³/mol. The lowest BCUT2D eigenvalue weighted by Crippen LogP contribution is -2.63. The Labute approximate surface area is 306 Å². The first-order valence-corrected chi connectivity index (χ1v) is 17.4. The van der Waals surface area contributed by atoms with Crippen LogP contribution in [-0.4, -0.2) is 109 Å². The monoisotopic (exact) mass is 734 g/mol. The summed E-state index contributed by atoms with van der Waals surface area (Å²) in [5, 5.41) is 11.8. The lowest BCUT2D eigenvalue weighted by molar-refractivity contribution is -0.314. The van der Waals surface area contributed by atoms with Crippen LogP contribution in [0.5, 0.6) is 0 Å². The summed E-state index contributed by atoms with van der Waals surface area (Å²) < 4.78 is 60.6. The maximum absolute atomic E-state index is 13.5. The summed E-state index contributed by atoms with van der Waals surface area (Å²) >= 11 is 0. The summed E-state index contributed by atoms with van der Waals surface area (Å²) in [5.74, 6) is -4.18. The third-order valence-electron chi connectivity index (χ3n) is 9.18. The van der Waals surface area contributed by atoms with Gasteiger partial charge < -0.3 is 52.5 Å². The van der Waals surface area contributed by atoms with Gasteiger partial charge in [0.2, 0.25) is 0 Å². The van der Waals surface area contributed by atoms with E-state index < -0.39 is 97.5 Å². The molecule has 0 unspecified atom stereocenters. The quantitative estimate of drug-likeness (QED) is 0.236. The van der Waals surface area contributed by atoms with E-state index in [1.165, 1.54) is 12.1 Å². The minimum absolute atomic E-state index is 0.183. The van der Waals surface area contributed by atoms with Crippen molar-refractivity contribution < 1.29 is 66.9 Å². The number of hydrogen-bond donors (Lipinski definition) is 1. The molecule has 14 heteroatoms. The van der Waals surface area contributed by atoms with E-state index in [2.05, 4.69) is 0 Å². The SMILES string of the molecule is CC1(C)O[C@H]2[C@@H](O1)[C@@H](CO[C@@H]1O[C@H](COC(=O)c3ccccc3)[C@@H](OC(=O)c3ccccc3)[C@H](OC(=O)c3ccccc3)[C@H]1O)O[C@@H]1OC(C)(C)O[C@@H]12. The molecule has 3 aromatic carbocycles. The largest absolute Gasteiger partial charge is 0.459 e. The molecule has 4 fully saturated rings. The molecule has 0 radical (unpaired) electrons. The highest BCUT2D eigenvalue weighted by molar-refractivity contribution is 5.91. The number of aliphatic hydroxyl groups is 1. The summed E-state index contributed by atoms with van der Waals surface area (Å²) in [6, 6.07) is 24.5. The molecule has 1 N–H and O–H groups in total. The van der Waals surface area contributed by atoms with Gasteiger partial charge in [0.05, 0.1) is 23.3 Å². The van der Waals surface area contributed by atoms with Gasteiger partial charge in [-0.2, -0.15) is 0 Å². The lowest BCUT2D eigenvalue weighted by Gasteiger charge is -2.44. The molecule has 4 aliphatic rings. The van der Waals surface area contributed by atoms with Crippen molar-refractivity contribution in [2.75, 3.05) is 13.2 Å². The van der Waals surface area contributed by atoms with E-state index in [1.807, 2.05) is 0 Å². The Hall–Kier alpha value is -4.25. The van der Waals surface area contributed by atoms with Crippen LogP contribution in [-0.2, 0) is 47.4 Å². The van der Waals surface area contributed by atoms with Crippen molar-refractivity contribution in [3.8, 4) is 0 Å². The predicted octanol–water partition coefficient (Wildman–Crippen LogP) is 3.79. The number of aliphatic hydroxyl groups excluding tert-OH is 1. The second kappa shape index (κ2) is 15.2. The number of hydrogen-bond acceptors (Lipinski definition) is 14. The standard InChI is InChI=1S/C39H42O14/c1-38(2)50-29-26(47-37-32(31(29)51-38)52-39(3,4)53-37)21-45-36-27(40)30(49-35(43)24-18-12-7-13-19-24)28(48-34(42)23-16-10-6-11-17-23)25(46-36)20-44-33(41)22-14-8-5-9-15-22/h5-19,25-32,36-37,40H,20-21H2,1-4H3/t25-,26-,27-,28-,29+,30-,31+,32-,36-,37-/m1/s1. The van der Waals surface area contributed by atoms with E-state index >= 15 is 0 Å². The van der Waals surface area contributed by atoms with Crippen LogP contribution in [0.2, 0.25) is 0 Å². The molecule has 53 heavy (non-hydrogen) atoms. The Bertz CT molecular complexity index is 1730. The van der Waals surface area contributed by atoms with Crippen LogP contribution in [0, 0.1) is 0 Å². The normalized spacial score (nSPS) is 32.5. The Morgan fingerprint density at radius 2 is 1.08 bits per heavy atom. The fourth-order valence-electron chi connectivity index (χ4n) is 6.81. The first-order chi connectivity index (χ1) is 25.4. The molecule has 0 bridgehead atoms. The average molecular weight is 735 g/mol. The van der Waals surface area contributed by atoms with Crippen LogP contribution in [0.25, 0.3) is 0 Å². The van der Waals surface area contributed by atoms with Gasteiger partial charge in [-0.1, -0.05) is 54.6 Å². The third kappa shape index (κ3) is 8.30. The molecule has 10 atom stereocenters. The Morgan fingerprint density at radius 3 is 1.66 bits per heavy atom. The van der Waals surface area contributed by atoms with Crippen molar-refractivity contribution in [1.29, 1.82) is 0 Å². The maximum atomic E-state index is 13.5. The average Bonchev–Trinajstić information content (AvgIpc) is 3.66. The summed E-state index contributed by atoms with van der Waals surface area (Å²) in [6.45, 7) is 6.41.